The van der Waals surface area contributed by atoms with Crippen LogP contribution in [-0.2, 0) is 28.8 Å². The molecule has 6 heteroatoms. The average Bonchev–Trinajstić information content (AvgIpc) is 3.13. The molecule has 3 aliphatic carbocycles. The van der Waals surface area contributed by atoms with Crippen LogP contribution in [0.15, 0.2) is 0 Å². The van der Waals surface area contributed by atoms with Gasteiger partial charge < -0.3 is 0 Å². The van der Waals surface area contributed by atoms with Crippen molar-refractivity contribution in [2.45, 2.75) is 127 Å². The summed E-state index contributed by atoms with van der Waals surface area (Å²) < 4.78 is 0. The molecule has 0 saturated heterocycles. The van der Waals surface area contributed by atoms with Gasteiger partial charge in [0.15, 0.2) is 5.78 Å². The van der Waals surface area contributed by atoms with E-state index in [1.807, 2.05) is 20.8 Å². The molecule has 0 radical (unpaired) electrons. The second-order valence-electron chi connectivity index (χ2n) is 17.0. The summed E-state index contributed by atoms with van der Waals surface area (Å²) in [5.41, 5.74) is -0.628. The molecule has 3 saturated carbocycles. The van der Waals surface area contributed by atoms with E-state index in [9.17, 15) is 28.8 Å². The summed E-state index contributed by atoms with van der Waals surface area (Å²) in [5, 5.41) is 0. The van der Waals surface area contributed by atoms with Crippen molar-refractivity contribution >= 4 is 34.7 Å². The van der Waals surface area contributed by atoms with E-state index < -0.39 is 40.7 Å². The first-order valence-corrected chi connectivity index (χ1v) is 16.3. The number of Topliss-reactive ketones (excluding diaryl/α,β-unsaturated/α-hetero) is 6. The van der Waals surface area contributed by atoms with Crippen molar-refractivity contribution in [3.63, 3.8) is 0 Å². The molecule has 0 aliphatic heterocycles. The van der Waals surface area contributed by atoms with Crippen LogP contribution < -0.4 is 0 Å². The van der Waals surface area contributed by atoms with Gasteiger partial charge in [0.2, 0.25) is 5.78 Å². The number of ketones is 6. The number of rotatable bonds is 15. The van der Waals surface area contributed by atoms with E-state index in [-0.39, 0.29) is 71.0 Å². The van der Waals surface area contributed by atoms with Crippen molar-refractivity contribution in [1.29, 1.82) is 0 Å². The molecule has 3 aliphatic rings. The van der Waals surface area contributed by atoms with Crippen molar-refractivity contribution in [2.24, 2.45) is 63.6 Å². The molecule has 0 aromatic rings. The first-order chi connectivity index (χ1) is 19.1. The maximum absolute atomic E-state index is 14.3. The molecule has 0 spiro atoms. The normalized spacial score (nSPS) is 27.3. The fourth-order valence-corrected chi connectivity index (χ4v) is 8.20. The Bertz CT molecular complexity index is 1090. The Morgan fingerprint density at radius 1 is 0.833 bits per heavy atom. The molecule has 0 bridgehead atoms. The molecule has 7 unspecified atom stereocenters. The molecule has 0 aromatic carbocycles. The summed E-state index contributed by atoms with van der Waals surface area (Å²) in [6.07, 6.45) is 5.20. The minimum atomic E-state index is -0.608. The van der Waals surface area contributed by atoms with Gasteiger partial charge in [0.25, 0.3) is 0 Å². The molecule has 0 N–H and O–H groups in total. The first-order valence-electron chi connectivity index (χ1n) is 16.3. The Kier molecular flexibility index (Phi) is 10.3. The van der Waals surface area contributed by atoms with Crippen molar-refractivity contribution in [1.82, 2.24) is 0 Å². The van der Waals surface area contributed by atoms with Crippen LogP contribution in [0.3, 0.4) is 0 Å². The quantitative estimate of drug-likeness (QED) is 0.191. The van der Waals surface area contributed by atoms with Gasteiger partial charge in [-0.05, 0) is 60.2 Å². The van der Waals surface area contributed by atoms with Gasteiger partial charge in [0.05, 0.1) is 0 Å². The zero-order valence-corrected chi connectivity index (χ0v) is 27.9. The topological polar surface area (TPSA) is 102 Å². The van der Waals surface area contributed by atoms with Crippen LogP contribution in [0.4, 0.5) is 0 Å². The number of hydrogen-bond donors (Lipinski definition) is 0. The molecule has 0 amide bonds. The Balaban J connectivity index is 1.82. The van der Waals surface area contributed by atoms with Gasteiger partial charge in [-0.2, -0.15) is 0 Å². The summed E-state index contributed by atoms with van der Waals surface area (Å²) in [5.74, 6) is -2.90. The minimum Gasteiger partial charge on any atom is -0.300 e. The van der Waals surface area contributed by atoms with Gasteiger partial charge >= 0.3 is 0 Å². The Hall–Kier alpha value is -1.98. The van der Waals surface area contributed by atoms with Gasteiger partial charge in [-0.25, -0.2) is 0 Å². The SMILES string of the molecule is CC(=O)C(=O)C(CC(=O)C1C(C(=O)C(CC(=O)CC(CC(C)(C)C)C(C)=O)C(C)(C)C)CC2C1C2(C)C)CC1CCC1. The monoisotopic (exact) mass is 584 g/mol. The van der Waals surface area contributed by atoms with E-state index >= 15 is 0 Å². The van der Waals surface area contributed by atoms with Crippen molar-refractivity contribution < 1.29 is 28.8 Å². The largest absolute Gasteiger partial charge is 0.300 e. The lowest BCUT2D eigenvalue weighted by Gasteiger charge is -2.35. The molecule has 42 heavy (non-hydrogen) atoms. The third-order valence-electron chi connectivity index (χ3n) is 10.9. The predicted molar refractivity (Wildman–Crippen MR) is 164 cm³/mol. The van der Waals surface area contributed by atoms with Crippen LogP contribution in [-0.4, -0.2) is 34.7 Å². The molecule has 0 heterocycles. The van der Waals surface area contributed by atoms with Crippen LogP contribution in [0.2, 0.25) is 0 Å². The highest BCUT2D eigenvalue weighted by Gasteiger charge is 2.69. The first kappa shape index (κ1) is 34.5. The third kappa shape index (κ3) is 7.94. The lowest BCUT2D eigenvalue weighted by Crippen LogP contribution is -2.41. The third-order valence-corrected chi connectivity index (χ3v) is 10.9. The van der Waals surface area contributed by atoms with Gasteiger partial charge in [-0.1, -0.05) is 74.7 Å². The van der Waals surface area contributed by atoms with Gasteiger partial charge in [-0.3, -0.25) is 28.8 Å². The van der Waals surface area contributed by atoms with Crippen molar-refractivity contribution in [3.05, 3.63) is 0 Å². The van der Waals surface area contributed by atoms with Gasteiger partial charge in [0.1, 0.15) is 23.1 Å². The van der Waals surface area contributed by atoms with Crippen molar-refractivity contribution in [3.8, 4) is 0 Å². The summed E-state index contributed by atoms with van der Waals surface area (Å²) >= 11 is 0. The fraction of sp³-hybridized carbons (Fsp3) is 0.833. The zero-order valence-electron chi connectivity index (χ0n) is 27.9. The summed E-state index contributed by atoms with van der Waals surface area (Å²) in [4.78, 5) is 79.0. The van der Waals surface area contributed by atoms with Crippen LogP contribution in [0, 0.1) is 63.6 Å². The second kappa shape index (κ2) is 12.6. The van der Waals surface area contributed by atoms with Crippen LogP contribution >= 0.6 is 0 Å². The van der Waals surface area contributed by atoms with Crippen molar-refractivity contribution in [2.75, 3.05) is 0 Å². The number of fused-ring (bicyclic) bond motifs is 1. The Morgan fingerprint density at radius 2 is 1.43 bits per heavy atom. The number of carbonyl (C=O) groups is 6. The van der Waals surface area contributed by atoms with E-state index in [0.29, 0.717) is 25.2 Å². The Morgan fingerprint density at radius 3 is 1.88 bits per heavy atom. The van der Waals surface area contributed by atoms with E-state index in [0.717, 1.165) is 19.3 Å². The fourth-order valence-electron chi connectivity index (χ4n) is 8.20. The second-order valence-corrected chi connectivity index (χ2v) is 17.0. The molecular weight excluding hydrogens is 528 g/mol. The van der Waals surface area contributed by atoms with Crippen LogP contribution in [0.1, 0.15) is 127 Å². The average molecular weight is 585 g/mol. The molecule has 7 atom stereocenters. The summed E-state index contributed by atoms with van der Waals surface area (Å²) in [7, 11) is 0. The molecule has 0 aromatic heterocycles. The van der Waals surface area contributed by atoms with E-state index in [1.54, 1.807) is 0 Å². The standard InChI is InChI=1S/C36H56O6/c1-20(37)24(19-34(3,4)5)15-25(39)17-28(35(6,7)8)33(42)26-18-27-31(36(27,9)10)30(26)29(40)16-23(32(41)21(2)38)14-22-12-11-13-22/h22-24,26-28,30-31H,11-19H2,1-10H3. The van der Waals surface area contributed by atoms with Crippen LogP contribution in [0.5, 0.6) is 0 Å². The van der Waals surface area contributed by atoms with E-state index in [1.165, 1.54) is 13.8 Å². The smallest absolute Gasteiger partial charge is 0.201 e. The van der Waals surface area contributed by atoms with Crippen LogP contribution in [0.25, 0.3) is 0 Å². The molecule has 3 fully saturated rings. The lowest BCUT2D eigenvalue weighted by atomic mass is 9.67. The minimum absolute atomic E-state index is 0.00255. The molecular formula is C36H56O6. The Labute approximate surface area is 253 Å². The molecule has 6 nitrogen and oxygen atoms in total. The maximum atomic E-state index is 14.3. The number of carbonyl (C=O) groups excluding carboxylic acids is 6. The van der Waals surface area contributed by atoms with Gasteiger partial charge in [-0.15, -0.1) is 0 Å². The van der Waals surface area contributed by atoms with Gasteiger partial charge in [0, 0.05) is 55.8 Å². The predicted octanol–water partition coefficient (Wildman–Crippen LogP) is 7.04. The maximum Gasteiger partial charge on any atom is 0.201 e. The zero-order chi connectivity index (χ0) is 31.9. The highest BCUT2D eigenvalue weighted by Crippen LogP contribution is 2.71. The van der Waals surface area contributed by atoms with E-state index in [4.69, 9.17) is 0 Å². The highest BCUT2D eigenvalue weighted by molar-refractivity contribution is 6.37. The molecule has 236 valence electrons. The van der Waals surface area contributed by atoms with E-state index in [2.05, 4.69) is 34.6 Å². The summed E-state index contributed by atoms with van der Waals surface area (Å²) in [6.45, 7) is 19.2. The highest BCUT2D eigenvalue weighted by atomic mass is 16.2. The number of hydrogen-bond acceptors (Lipinski definition) is 6. The molecule has 3 rings (SSSR count). The lowest BCUT2D eigenvalue weighted by molar-refractivity contribution is -0.142. The summed E-state index contributed by atoms with van der Waals surface area (Å²) in [6, 6.07) is 0.